The minimum atomic E-state index is 0.580. The van der Waals surface area contributed by atoms with Gasteiger partial charge in [-0.3, -0.25) is 0 Å². The lowest BCUT2D eigenvalue weighted by Crippen LogP contribution is -2.23. The van der Waals surface area contributed by atoms with Crippen molar-refractivity contribution < 1.29 is 0 Å². The van der Waals surface area contributed by atoms with Crippen LogP contribution in [0.4, 0.5) is 5.69 Å². The zero-order valence-corrected chi connectivity index (χ0v) is 11.0. The van der Waals surface area contributed by atoms with Gasteiger partial charge in [0.2, 0.25) is 0 Å². The maximum absolute atomic E-state index is 3.63. The molecular formula is C17H21N. The molecular weight excluding hydrogens is 218 g/mol. The fourth-order valence-electron chi connectivity index (χ4n) is 2.85. The van der Waals surface area contributed by atoms with Crippen LogP contribution >= 0.6 is 0 Å². The first-order valence-electron chi connectivity index (χ1n) is 7.06. The molecule has 0 heterocycles. The second-order valence-electron chi connectivity index (χ2n) is 5.64. The van der Waals surface area contributed by atoms with Gasteiger partial charge in [0.05, 0.1) is 0 Å². The average Bonchev–Trinajstić information content (AvgIpc) is 2.34. The Bertz CT molecular complexity index is 528. The highest BCUT2D eigenvalue weighted by molar-refractivity contribution is 5.85. The predicted molar refractivity (Wildman–Crippen MR) is 79.0 cm³/mol. The Balaban J connectivity index is 1.69. The summed E-state index contributed by atoms with van der Waals surface area (Å²) in [7, 11) is 0. The van der Waals surface area contributed by atoms with Crippen LogP contribution < -0.4 is 5.32 Å². The molecule has 0 radical (unpaired) electrons. The molecule has 1 unspecified atom stereocenters. The second kappa shape index (κ2) is 5.01. The lowest BCUT2D eigenvalue weighted by atomic mass is 9.81. The fourth-order valence-corrected chi connectivity index (χ4v) is 2.85. The van der Waals surface area contributed by atoms with E-state index < -0.39 is 0 Å². The Hall–Kier alpha value is -1.50. The van der Waals surface area contributed by atoms with E-state index in [1.54, 1.807) is 0 Å². The van der Waals surface area contributed by atoms with Gasteiger partial charge in [-0.05, 0) is 42.2 Å². The average molecular weight is 239 g/mol. The summed E-state index contributed by atoms with van der Waals surface area (Å²) in [6.45, 7) is 2.30. The van der Waals surface area contributed by atoms with Gasteiger partial charge in [0.1, 0.15) is 0 Å². The lowest BCUT2D eigenvalue weighted by Gasteiger charge is -2.29. The molecule has 1 heteroatoms. The molecule has 18 heavy (non-hydrogen) atoms. The molecule has 0 saturated heterocycles. The van der Waals surface area contributed by atoms with Crippen LogP contribution in [0, 0.1) is 5.92 Å². The van der Waals surface area contributed by atoms with Crippen molar-refractivity contribution in [2.24, 2.45) is 5.92 Å². The lowest BCUT2D eigenvalue weighted by molar-refractivity contribution is 0.286. The molecule has 1 aliphatic carbocycles. The number of fused-ring (bicyclic) bond motifs is 1. The maximum Gasteiger partial charge on any atom is 0.0348 e. The molecule has 1 saturated carbocycles. The van der Waals surface area contributed by atoms with Gasteiger partial charge in [-0.25, -0.2) is 0 Å². The molecule has 0 bridgehead atoms. The molecule has 0 aliphatic heterocycles. The Kier molecular flexibility index (Phi) is 3.22. The SMILES string of the molecule is CC(CC1CCC1)Nc1ccc2ccccc2c1. The number of hydrogen-bond acceptors (Lipinski definition) is 1. The van der Waals surface area contributed by atoms with E-state index in [-0.39, 0.29) is 0 Å². The molecule has 1 aliphatic rings. The predicted octanol–water partition coefficient (Wildman–Crippen LogP) is 4.83. The Morgan fingerprint density at radius 2 is 1.89 bits per heavy atom. The quantitative estimate of drug-likeness (QED) is 0.805. The van der Waals surface area contributed by atoms with Gasteiger partial charge >= 0.3 is 0 Å². The normalized spacial score (nSPS) is 17.4. The first-order chi connectivity index (χ1) is 8.81. The zero-order chi connectivity index (χ0) is 12.4. The molecule has 1 atom stereocenters. The number of benzene rings is 2. The number of rotatable bonds is 4. The van der Waals surface area contributed by atoms with Crippen molar-refractivity contribution in [1.29, 1.82) is 0 Å². The number of anilines is 1. The third-order valence-corrected chi connectivity index (χ3v) is 4.07. The van der Waals surface area contributed by atoms with Gasteiger partial charge in [-0.1, -0.05) is 49.6 Å². The summed E-state index contributed by atoms with van der Waals surface area (Å²) < 4.78 is 0. The number of nitrogens with one attached hydrogen (secondary N) is 1. The highest BCUT2D eigenvalue weighted by Crippen LogP contribution is 2.31. The van der Waals surface area contributed by atoms with Crippen LogP contribution in [0.3, 0.4) is 0 Å². The first-order valence-corrected chi connectivity index (χ1v) is 7.06. The fraction of sp³-hybridized carbons (Fsp3) is 0.412. The summed E-state index contributed by atoms with van der Waals surface area (Å²) >= 11 is 0. The van der Waals surface area contributed by atoms with Crippen molar-refractivity contribution in [1.82, 2.24) is 0 Å². The van der Waals surface area contributed by atoms with Crippen LogP contribution in [0.5, 0.6) is 0 Å². The zero-order valence-electron chi connectivity index (χ0n) is 11.0. The molecule has 3 rings (SSSR count). The summed E-state index contributed by atoms with van der Waals surface area (Å²) in [5.41, 5.74) is 1.25. The van der Waals surface area contributed by atoms with Gasteiger partial charge in [0.15, 0.2) is 0 Å². The monoisotopic (exact) mass is 239 g/mol. The van der Waals surface area contributed by atoms with Crippen LogP contribution in [-0.2, 0) is 0 Å². The van der Waals surface area contributed by atoms with Gasteiger partial charge in [-0.2, -0.15) is 0 Å². The molecule has 1 fully saturated rings. The largest absolute Gasteiger partial charge is 0.383 e. The summed E-state index contributed by atoms with van der Waals surface area (Å²) in [5.74, 6) is 0.966. The molecule has 0 aromatic heterocycles. The van der Waals surface area contributed by atoms with Crippen molar-refractivity contribution in [3.63, 3.8) is 0 Å². The minimum absolute atomic E-state index is 0.580. The summed E-state index contributed by atoms with van der Waals surface area (Å²) in [5, 5.41) is 6.27. The van der Waals surface area contributed by atoms with Crippen molar-refractivity contribution in [3.8, 4) is 0 Å². The first kappa shape index (κ1) is 11.6. The summed E-state index contributed by atoms with van der Waals surface area (Å²) in [6.07, 6.45) is 5.62. The van der Waals surface area contributed by atoms with E-state index in [9.17, 15) is 0 Å². The van der Waals surface area contributed by atoms with Crippen molar-refractivity contribution in [2.75, 3.05) is 5.32 Å². The topological polar surface area (TPSA) is 12.0 Å². The Morgan fingerprint density at radius 1 is 1.11 bits per heavy atom. The van der Waals surface area contributed by atoms with E-state index in [0.29, 0.717) is 6.04 Å². The highest BCUT2D eigenvalue weighted by Gasteiger charge is 2.19. The smallest absolute Gasteiger partial charge is 0.0348 e. The molecule has 1 nitrogen and oxygen atoms in total. The van der Waals surface area contributed by atoms with Crippen LogP contribution in [-0.4, -0.2) is 6.04 Å². The van der Waals surface area contributed by atoms with E-state index in [0.717, 1.165) is 5.92 Å². The number of hydrogen-bond donors (Lipinski definition) is 1. The third-order valence-electron chi connectivity index (χ3n) is 4.07. The highest BCUT2D eigenvalue weighted by atomic mass is 14.9. The Labute approximate surface area is 109 Å². The van der Waals surface area contributed by atoms with Crippen LogP contribution in [0.15, 0.2) is 42.5 Å². The van der Waals surface area contributed by atoms with Crippen LogP contribution in [0.1, 0.15) is 32.6 Å². The third kappa shape index (κ3) is 2.50. The summed E-state index contributed by atoms with van der Waals surface area (Å²) in [6, 6.07) is 15.8. The minimum Gasteiger partial charge on any atom is -0.383 e. The van der Waals surface area contributed by atoms with Crippen molar-refractivity contribution in [3.05, 3.63) is 42.5 Å². The van der Waals surface area contributed by atoms with Gasteiger partial charge in [-0.15, -0.1) is 0 Å². The van der Waals surface area contributed by atoms with Crippen molar-refractivity contribution in [2.45, 2.75) is 38.6 Å². The van der Waals surface area contributed by atoms with Crippen LogP contribution in [0.2, 0.25) is 0 Å². The summed E-state index contributed by atoms with van der Waals surface area (Å²) in [4.78, 5) is 0. The van der Waals surface area contributed by atoms with Crippen LogP contribution in [0.25, 0.3) is 10.8 Å². The standard InChI is InChI=1S/C17H21N/c1-13(11-14-5-4-6-14)18-17-10-9-15-7-2-3-8-16(15)12-17/h2-3,7-10,12-14,18H,4-6,11H2,1H3. The van der Waals surface area contributed by atoms with E-state index in [1.165, 1.54) is 42.1 Å². The molecule has 0 amide bonds. The molecule has 94 valence electrons. The van der Waals surface area contributed by atoms with E-state index in [1.807, 2.05) is 0 Å². The van der Waals surface area contributed by atoms with E-state index in [4.69, 9.17) is 0 Å². The van der Waals surface area contributed by atoms with E-state index >= 15 is 0 Å². The molecule has 0 spiro atoms. The van der Waals surface area contributed by atoms with Gasteiger partial charge < -0.3 is 5.32 Å². The molecule has 1 N–H and O–H groups in total. The second-order valence-corrected chi connectivity index (χ2v) is 5.64. The Morgan fingerprint density at radius 3 is 2.61 bits per heavy atom. The van der Waals surface area contributed by atoms with E-state index in [2.05, 4.69) is 54.7 Å². The maximum atomic E-state index is 3.63. The molecule has 2 aromatic carbocycles. The molecule has 2 aromatic rings. The van der Waals surface area contributed by atoms with Gasteiger partial charge in [0, 0.05) is 11.7 Å². The van der Waals surface area contributed by atoms with Gasteiger partial charge in [0.25, 0.3) is 0 Å². The van der Waals surface area contributed by atoms with Crippen molar-refractivity contribution >= 4 is 16.5 Å².